The van der Waals surface area contributed by atoms with Gasteiger partial charge in [0, 0.05) is 27.5 Å². The van der Waals surface area contributed by atoms with Crippen LogP contribution in [0.15, 0.2) is 48.5 Å². The van der Waals surface area contributed by atoms with Crippen LogP contribution in [0.25, 0.3) is 0 Å². The smallest absolute Gasteiger partial charge is 0.161 e. The van der Waals surface area contributed by atoms with Gasteiger partial charge >= 0.3 is 0 Å². The van der Waals surface area contributed by atoms with Crippen molar-refractivity contribution in [1.82, 2.24) is 0 Å². The molecule has 0 radical (unpaired) electrons. The normalized spacial score (nSPS) is 34.1. The Hall–Kier alpha value is -2.82. The summed E-state index contributed by atoms with van der Waals surface area (Å²) in [5, 5.41) is 20.9. The van der Waals surface area contributed by atoms with Crippen molar-refractivity contribution in [3.63, 3.8) is 0 Å². The minimum atomic E-state index is -1.32. The molecule has 0 heterocycles. The third-order valence-electron chi connectivity index (χ3n) is 9.01. The van der Waals surface area contributed by atoms with Crippen molar-refractivity contribution in [2.24, 2.45) is 34.5 Å². The summed E-state index contributed by atoms with van der Waals surface area (Å²) in [4.78, 5) is 14.2. The van der Waals surface area contributed by atoms with Gasteiger partial charge < -0.3 is 4.74 Å². The van der Waals surface area contributed by atoms with Gasteiger partial charge in [0.05, 0.1) is 18.1 Å². The number of hydrogen-bond acceptors (Lipinski definition) is 4. The minimum Gasteiger partial charge on any atom is -0.489 e. The van der Waals surface area contributed by atoms with E-state index in [2.05, 4.69) is 12.1 Å². The van der Waals surface area contributed by atoms with Gasteiger partial charge in [0.15, 0.2) is 5.41 Å². The number of Topliss-reactive ketones (excluding diaryl/α,β-unsaturated/α-hetero) is 1. The monoisotopic (exact) mass is 470 g/mol. The second kappa shape index (κ2) is 7.86. The number of hydrogen-bond donors (Lipinski definition) is 0. The molecule has 2 atom stereocenters. The van der Waals surface area contributed by atoms with Crippen molar-refractivity contribution < 1.29 is 9.53 Å². The highest BCUT2D eigenvalue weighted by Gasteiger charge is 2.74. The molecular formula is C29H27ClN2O2. The average Bonchev–Trinajstić information content (AvgIpc) is 3.51. The van der Waals surface area contributed by atoms with E-state index in [-0.39, 0.29) is 17.8 Å². The van der Waals surface area contributed by atoms with E-state index in [0.717, 1.165) is 30.4 Å². The van der Waals surface area contributed by atoms with Crippen LogP contribution in [0.3, 0.4) is 0 Å². The molecule has 5 aliphatic carbocycles. The maximum atomic E-state index is 14.2. The molecule has 0 aliphatic heterocycles. The number of carbonyl (C=O) groups is 1. The molecule has 5 heteroatoms. The summed E-state index contributed by atoms with van der Waals surface area (Å²) in [5.74, 6) is 1.66. The van der Waals surface area contributed by atoms with E-state index < -0.39 is 17.3 Å². The van der Waals surface area contributed by atoms with E-state index in [9.17, 15) is 15.3 Å². The Morgan fingerprint density at radius 1 is 0.941 bits per heavy atom. The topological polar surface area (TPSA) is 73.9 Å². The largest absolute Gasteiger partial charge is 0.489 e. The number of carbonyl (C=O) groups excluding carboxylic acids is 1. The van der Waals surface area contributed by atoms with Gasteiger partial charge in [-0.3, -0.25) is 4.79 Å². The van der Waals surface area contributed by atoms with Gasteiger partial charge in [-0.2, -0.15) is 10.5 Å². The molecule has 0 aromatic heterocycles. The predicted molar refractivity (Wildman–Crippen MR) is 128 cm³/mol. The summed E-state index contributed by atoms with van der Waals surface area (Å²) in [6.07, 6.45) is 6.58. The van der Waals surface area contributed by atoms with E-state index in [1.54, 1.807) is 0 Å². The van der Waals surface area contributed by atoms with Crippen LogP contribution < -0.4 is 4.74 Å². The number of rotatable bonds is 6. The molecule has 5 saturated carbocycles. The Labute approximate surface area is 205 Å². The fourth-order valence-corrected chi connectivity index (χ4v) is 8.05. The fraction of sp³-hybridized carbons (Fsp3) is 0.483. The summed E-state index contributed by atoms with van der Waals surface area (Å²) >= 11 is 6.30. The number of para-hydroxylation sites is 1. The molecule has 2 aromatic rings. The first-order chi connectivity index (χ1) is 16.5. The summed E-state index contributed by atoms with van der Waals surface area (Å²) in [7, 11) is 0. The van der Waals surface area contributed by atoms with Crippen LogP contribution in [0.2, 0.25) is 5.02 Å². The molecule has 0 spiro atoms. The van der Waals surface area contributed by atoms with Crippen LogP contribution >= 0.6 is 11.6 Å². The molecule has 0 amide bonds. The Morgan fingerprint density at radius 2 is 1.53 bits per heavy atom. The van der Waals surface area contributed by atoms with Crippen molar-refractivity contribution >= 4 is 17.4 Å². The standard InChI is InChI=1S/C29H27ClN2O2/c30-23-7-3-1-5-21(23)15-34-24-8-4-2-6-22(24)25-26(29(25,16-31)17-32)27(33)28-12-18-9-19(13-28)11-20(10-18)14-28/h1-8,18-20,25-26H,9-15H2/t18?,19?,20?,25-,26+,28?/m1/s1. The zero-order chi connectivity index (χ0) is 23.5. The minimum absolute atomic E-state index is 0.167. The van der Waals surface area contributed by atoms with Gasteiger partial charge in [0.2, 0.25) is 0 Å². The molecule has 34 heavy (non-hydrogen) atoms. The number of ether oxygens (including phenoxy) is 1. The fourth-order valence-electron chi connectivity index (χ4n) is 7.86. The molecule has 0 unspecified atom stereocenters. The van der Waals surface area contributed by atoms with E-state index in [1.165, 1.54) is 19.3 Å². The highest BCUT2D eigenvalue weighted by atomic mass is 35.5. The van der Waals surface area contributed by atoms with Gasteiger partial charge in [0.25, 0.3) is 0 Å². The van der Waals surface area contributed by atoms with Crippen LogP contribution in [0.1, 0.15) is 55.6 Å². The maximum absolute atomic E-state index is 14.2. The lowest BCUT2D eigenvalue weighted by Gasteiger charge is -2.56. The molecule has 0 N–H and O–H groups in total. The molecule has 2 aromatic carbocycles. The Balaban J connectivity index is 1.31. The van der Waals surface area contributed by atoms with Gasteiger partial charge in [-0.25, -0.2) is 0 Å². The number of nitriles is 2. The highest BCUT2D eigenvalue weighted by molar-refractivity contribution is 6.31. The lowest BCUT2D eigenvalue weighted by Crippen LogP contribution is -2.50. The lowest BCUT2D eigenvalue weighted by molar-refractivity contribution is -0.145. The number of nitrogens with zero attached hydrogens (tertiary/aromatic N) is 2. The Bertz CT molecular complexity index is 1190. The van der Waals surface area contributed by atoms with Crippen molar-refractivity contribution in [2.45, 2.75) is 51.0 Å². The molecule has 7 rings (SSSR count). The van der Waals surface area contributed by atoms with Gasteiger partial charge in [-0.1, -0.05) is 48.0 Å². The van der Waals surface area contributed by atoms with E-state index in [4.69, 9.17) is 16.3 Å². The molecular weight excluding hydrogens is 444 g/mol. The SMILES string of the molecule is N#CC1(C#N)[C@H](C(=O)C23CC4CC(CC(C4)C2)C3)[C@H]1c1ccccc1OCc1ccccc1Cl. The van der Waals surface area contributed by atoms with Crippen LogP contribution in [-0.2, 0) is 11.4 Å². The van der Waals surface area contributed by atoms with Crippen LogP contribution in [0.5, 0.6) is 5.75 Å². The number of benzene rings is 2. The zero-order valence-corrected chi connectivity index (χ0v) is 19.8. The predicted octanol–water partition coefficient (Wildman–Crippen LogP) is 6.45. The quantitative estimate of drug-likeness (QED) is 0.486. The summed E-state index contributed by atoms with van der Waals surface area (Å²) in [5.41, 5.74) is -0.00591. The van der Waals surface area contributed by atoms with Crippen molar-refractivity contribution in [1.29, 1.82) is 10.5 Å². The zero-order valence-electron chi connectivity index (χ0n) is 19.0. The summed E-state index contributed by atoms with van der Waals surface area (Å²) in [6.45, 7) is 0.281. The van der Waals surface area contributed by atoms with Crippen molar-refractivity contribution in [3.05, 3.63) is 64.7 Å². The number of halogens is 1. The summed E-state index contributed by atoms with van der Waals surface area (Å²) < 4.78 is 6.15. The first kappa shape index (κ1) is 21.7. The highest BCUT2D eigenvalue weighted by Crippen LogP contribution is 2.70. The molecule has 4 nitrogen and oxygen atoms in total. The first-order valence-corrected chi connectivity index (χ1v) is 12.7. The second-order valence-electron chi connectivity index (χ2n) is 11.0. The number of ketones is 1. The van der Waals surface area contributed by atoms with Crippen molar-refractivity contribution in [3.8, 4) is 17.9 Å². The van der Waals surface area contributed by atoms with E-state index in [1.807, 2.05) is 48.5 Å². The second-order valence-corrected chi connectivity index (χ2v) is 11.4. The van der Waals surface area contributed by atoms with Crippen LogP contribution in [0, 0.1) is 57.2 Å². The van der Waals surface area contributed by atoms with Gasteiger partial charge in [-0.15, -0.1) is 0 Å². The van der Waals surface area contributed by atoms with Crippen LogP contribution in [0.4, 0.5) is 0 Å². The third kappa shape index (κ3) is 3.19. The van der Waals surface area contributed by atoms with Crippen LogP contribution in [-0.4, -0.2) is 5.78 Å². The van der Waals surface area contributed by atoms with Crippen molar-refractivity contribution in [2.75, 3.05) is 0 Å². The molecule has 0 saturated heterocycles. The van der Waals surface area contributed by atoms with Gasteiger partial charge in [0.1, 0.15) is 18.1 Å². The molecule has 5 fully saturated rings. The molecule has 4 bridgehead atoms. The first-order valence-electron chi connectivity index (χ1n) is 12.3. The maximum Gasteiger partial charge on any atom is 0.161 e. The van der Waals surface area contributed by atoms with E-state index in [0.29, 0.717) is 28.5 Å². The third-order valence-corrected chi connectivity index (χ3v) is 9.38. The average molecular weight is 471 g/mol. The van der Waals surface area contributed by atoms with E-state index >= 15 is 0 Å². The molecule has 5 aliphatic rings. The lowest BCUT2D eigenvalue weighted by atomic mass is 9.48. The van der Waals surface area contributed by atoms with Gasteiger partial charge in [-0.05, 0) is 68.4 Å². The Morgan fingerprint density at radius 3 is 2.15 bits per heavy atom. The molecule has 172 valence electrons. The summed E-state index contributed by atoms with van der Waals surface area (Å²) in [6, 6.07) is 19.6. The Kier molecular flexibility index (Phi) is 5.02.